The third-order valence-corrected chi connectivity index (χ3v) is 4.83. The van der Waals surface area contributed by atoms with Gasteiger partial charge in [-0.3, -0.25) is 9.48 Å². The third-order valence-electron chi connectivity index (χ3n) is 4.83. The first-order valence-corrected chi connectivity index (χ1v) is 8.69. The van der Waals surface area contributed by atoms with Crippen molar-refractivity contribution in [1.29, 1.82) is 0 Å². The Morgan fingerprint density at radius 3 is 2.92 bits per heavy atom. The second-order valence-electron chi connectivity index (χ2n) is 6.67. The van der Waals surface area contributed by atoms with E-state index in [0.29, 0.717) is 13.1 Å². The number of aryl methyl sites for hydroxylation is 2. The van der Waals surface area contributed by atoms with Gasteiger partial charge in [-0.05, 0) is 30.5 Å². The molecule has 0 saturated carbocycles. The van der Waals surface area contributed by atoms with Gasteiger partial charge in [-0.1, -0.05) is 17.7 Å². The van der Waals surface area contributed by atoms with Gasteiger partial charge >= 0.3 is 0 Å². The van der Waals surface area contributed by atoms with Crippen LogP contribution >= 0.6 is 12.4 Å². The Balaban J connectivity index is 0.00000243. The summed E-state index contributed by atoms with van der Waals surface area (Å²) in [6.45, 7) is 4.19. The molecule has 1 aromatic carbocycles. The lowest BCUT2D eigenvalue weighted by Gasteiger charge is -2.17. The number of hydrogen-bond donors (Lipinski definition) is 2. The Bertz CT molecular complexity index is 747. The van der Waals surface area contributed by atoms with E-state index in [-0.39, 0.29) is 30.2 Å². The quantitative estimate of drug-likeness (QED) is 0.804. The molecule has 1 aliphatic heterocycles. The highest BCUT2D eigenvalue weighted by atomic mass is 35.5. The molecule has 2 aromatic rings. The molecule has 2 N–H and O–H groups in total. The number of carbonyl (C=O) groups is 1. The summed E-state index contributed by atoms with van der Waals surface area (Å²) in [5, 5.41) is 10.6. The molecule has 2 heterocycles. The monoisotopic (exact) mass is 378 g/mol. The number of ether oxygens (including phenoxy) is 1. The van der Waals surface area contributed by atoms with E-state index >= 15 is 0 Å². The summed E-state index contributed by atoms with van der Waals surface area (Å²) in [7, 11) is 3.58. The van der Waals surface area contributed by atoms with Crippen LogP contribution in [0, 0.1) is 12.8 Å². The lowest BCUT2D eigenvalue weighted by atomic mass is 9.90. The lowest BCUT2D eigenvalue weighted by Crippen LogP contribution is -2.35. The van der Waals surface area contributed by atoms with Gasteiger partial charge in [0.15, 0.2) is 0 Å². The highest BCUT2D eigenvalue weighted by molar-refractivity contribution is 5.85. The van der Waals surface area contributed by atoms with Crippen LogP contribution in [-0.2, 0) is 18.3 Å². The van der Waals surface area contributed by atoms with Crippen LogP contribution in [0.4, 0.5) is 0 Å². The van der Waals surface area contributed by atoms with Gasteiger partial charge < -0.3 is 15.4 Å². The highest BCUT2D eigenvalue weighted by Gasteiger charge is 2.34. The van der Waals surface area contributed by atoms with Gasteiger partial charge in [0.05, 0.1) is 19.2 Å². The summed E-state index contributed by atoms with van der Waals surface area (Å²) in [6.07, 6.45) is 4.61. The van der Waals surface area contributed by atoms with Crippen molar-refractivity contribution in [3.05, 3.63) is 47.3 Å². The van der Waals surface area contributed by atoms with Crippen LogP contribution in [0.25, 0.3) is 0 Å². The van der Waals surface area contributed by atoms with E-state index in [2.05, 4.69) is 28.7 Å². The highest BCUT2D eigenvalue weighted by Crippen LogP contribution is 2.28. The molecule has 3 rings (SSSR count). The van der Waals surface area contributed by atoms with Crippen molar-refractivity contribution in [3.8, 4) is 5.75 Å². The van der Waals surface area contributed by atoms with E-state index in [1.54, 1.807) is 11.8 Å². The molecular formula is C19H27ClN4O2. The summed E-state index contributed by atoms with van der Waals surface area (Å²) in [6, 6.07) is 6.12. The standard InChI is InChI=1S/C19H26N4O2.ClH/c1-13-4-5-18(25-3)14(8-13)6-7-21-19(24)17-11-20-10-16(17)15-9-22-23(2)12-15;/h4-5,8-9,12,16-17,20H,6-7,10-11H2,1-3H3,(H,21,24);1H/t16-,17+;/m1./s1. The van der Waals surface area contributed by atoms with Gasteiger partial charge in [-0.15, -0.1) is 12.4 Å². The summed E-state index contributed by atoms with van der Waals surface area (Å²) in [5.41, 5.74) is 3.43. The number of amides is 1. The first-order chi connectivity index (χ1) is 12.1. The number of methoxy groups -OCH3 is 1. The maximum absolute atomic E-state index is 12.6. The first-order valence-electron chi connectivity index (χ1n) is 8.69. The number of hydrogen-bond acceptors (Lipinski definition) is 4. The Morgan fingerprint density at radius 1 is 1.42 bits per heavy atom. The molecule has 1 amide bonds. The number of carbonyl (C=O) groups excluding carboxylic acids is 1. The number of nitrogens with zero attached hydrogens (tertiary/aromatic N) is 2. The maximum atomic E-state index is 12.6. The van der Waals surface area contributed by atoms with Gasteiger partial charge in [-0.25, -0.2) is 0 Å². The smallest absolute Gasteiger partial charge is 0.225 e. The van der Waals surface area contributed by atoms with Crippen LogP contribution in [-0.4, -0.2) is 42.4 Å². The summed E-state index contributed by atoms with van der Waals surface area (Å²) in [4.78, 5) is 12.6. The molecule has 1 aromatic heterocycles. The molecular weight excluding hydrogens is 352 g/mol. The Kier molecular flexibility index (Phi) is 7.06. The van der Waals surface area contributed by atoms with Crippen LogP contribution < -0.4 is 15.4 Å². The van der Waals surface area contributed by atoms with Gasteiger partial charge in [-0.2, -0.15) is 5.10 Å². The van der Waals surface area contributed by atoms with Crippen molar-refractivity contribution >= 4 is 18.3 Å². The van der Waals surface area contributed by atoms with Gasteiger partial charge in [0.1, 0.15) is 5.75 Å². The van der Waals surface area contributed by atoms with Crippen molar-refractivity contribution < 1.29 is 9.53 Å². The van der Waals surface area contributed by atoms with E-state index in [0.717, 1.165) is 29.8 Å². The first kappa shape index (κ1) is 20.3. The molecule has 0 aliphatic carbocycles. The molecule has 0 spiro atoms. The molecule has 0 bridgehead atoms. The molecule has 6 nitrogen and oxygen atoms in total. The van der Waals surface area contributed by atoms with Crippen LogP contribution in [0.2, 0.25) is 0 Å². The summed E-state index contributed by atoms with van der Waals surface area (Å²) in [5.74, 6) is 1.10. The molecule has 142 valence electrons. The average Bonchev–Trinajstić information content (AvgIpc) is 3.23. The normalized spacial score (nSPS) is 19.0. The number of rotatable bonds is 6. The summed E-state index contributed by atoms with van der Waals surface area (Å²) >= 11 is 0. The Morgan fingerprint density at radius 2 is 2.23 bits per heavy atom. The number of benzene rings is 1. The van der Waals surface area contributed by atoms with Crippen molar-refractivity contribution in [2.75, 3.05) is 26.7 Å². The largest absolute Gasteiger partial charge is 0.496 e. The van der Waals surface area contributed by atoms with E-state index in [1.807, 2.05) is 31.6 Å². The maximum Gasteiger partial charge on any atom is 0.225 e. The molecule has 1 saturated heterocycles. The average molecular weight is 379 g/mol. The van der Waals surface area contributed by atoms with Crippen molar-refractivity contribution in [1.82, 2.24) is 20.4 Å². The zero-order chi connectivity index (χ0) is 17.8. The van der Waals surface area contributed by atoms with Crippen LogP contribution in [0.1, 0.15) is 22.6 Å². The molecule has 1 fully saturated rings. The fourth-order valence-electron chi connectivity index (χ4n) is 3.49. The third kappa shape index (κ3) is 4.56. The van der Waals surface area contributed by atoms with Gasteiger partial charge in [0, 0.05) is 38.8 Å². The van der Waals surface area contributed by atoms with Crippen LogP contribution in [0.15, 0.2) is 30.6 Å². The van der Waals surface area contributed by atoms with E-state index in [1.165, 1.54) is 5.56 Å². The Labute approximate surface area is 160 Å². The van der Waals surface area contributed by atoms with Crippen molar-refractivity contribution in [2.24, 2.45) is 13.0 Å². The molecule has 7 heteroatoms. The summed E-state index contributed by atoms with van der Waals surface area (Å²) < 4.78 is 7.19. The number of nitrogens with one attached hydrogen (secondary N) is 2. The number of aromatic nitrogens is 2. The minimum atomic E-state index is -0.0522. The topological polar surface area (TPSA) is 68.2 Å². The van der Waals surface area contributed by atoms with E-state index in [4.69, 9.17) is 4.74 Å². The molecule has 2 atom stereocenters. The van der Waals surface area contributed by atoms with E-state index < -0.39 is 0 Å². The van der Waals surface area contributed by atoms with Crippen LogP contribution in [0.3, 0.4) is 0 Å². The van der Waals surface area contributed by atoms with E-state index in [9.17, 15) is 4.79 Å². The Hall–Kier alpha value is -2.05. The van der Waals surface area contributed by atoms with Crippen molar-refractivity contribution in [2.45, 2.75) is 19.3 Å². The predicted molar refractivity (Wildman–Crippen MR) is 104 cm³/mol. The van der Waals surface area contributed by atoms with Crippen molar-refractivity contribution in [3.63, 3.8) is 0 Å². The van der Waals surface area contributed by atoms with Gasteiger partial charge in [0.25, 0.3) is 0 Å². The zero-order valence-electron chi connectivity index (χ0n) is 15.5. The number of halogens is 1. The molecule has 0 unspecified atom stereocenters. The van der Waals surface area contributed by atoms with Gasteiger partial charge in [0.2, 0.25) is 5.91 Å². The predicted octanol–water partition coefficient (Wildman–Crippen LogP) is 1.82. The minimum Gasteiger partial charge on any atom is -0.496 e. The zero-order valence-corrected chi connectivity index (χ0v) is 16.3. The minimum absolute atomic E-state index is 0. The molecule has 26 heavy (non-hydrogen) atoms. The fraction of sp³-hybridized carbons (Fsp3) is 0.474. The second-order valence-corrected chi connectivity index (χ2v) is 6.67. The fourth-order valence-corrected chi connectivity index (χ4v) is 3.49. The SMILES string of the molecule is COc1ccc(C)cc1CCNC(=O)[C@H]1CNC[C@@H]1c1cnn(C)c1.Cl. The van der Waals surface area contributed by atoms with Crippen LogP contribution in [0.5, 0.6) is 5.75 Å². The second kappa shape index (κ2) is 9.05. The lowest BCUT2D eigenvalue weighted by molar-refractivity contribution is -0.124. The molecule has 0 radical (unpaired) electrons. The molecule has 1 aliphatic rings.